The molecule has 0 radical (unpaired) electrons. The van der Waals surface area contributed by atoms with Crippen LogP contribution in [0.5, 0.6) is 11.5 Å². The van der Waals surface area contributed by atoms with E-state index in [2.05, 4.69) is 94.7 Å². The highest BCUT2D eigenvalue weighted by Gasteiger charge is 2.72. The molecule has 13 nitrogen and oxygen atoms in total. The zero-order valence-corrected chi connectivity index (χ0v) is 51.4. The molecule has 1 N–H and O–H groups in total. The van der Waals surface area contributed by atoms with Crippen LogP contribution in [-0.4, -0.2) is 110 Å². The van der Waals surface area contributed by atoms with Crippen molar-refractivity contribution in [3.8, 4) is 11.5 Å². The Balaban J connectivity index is 0.000000303. The van der Waals surface area contributed by atoms with Gasteiger partial charge in [-0.3, -0.25) is 9.59 Å². The summed E-state index contributed by atoms with van der Waals surface area (Å²) >= 11 is 0. The van der Waals surface area contributed by atoms with Gasteiger partial charge in [0.05, 0.1) is 51.4 Å². The van der Waals surface area contributed by atoms with Crippen molar-refractivity contribution in [3.05, 3.63) is 85.0 Å². The van der Waals surface area contributed by atoms with Crippen LogP contribution < -0.4 is 9.47 Å². The number of Topliss-reactive ketones (excluding diaryl/α,β-unsaturated/α-hetero) is 1. The summed E-state index contributed by atoms with van der Waals surface area (Å²) in [5.74, 6) is 1.67. The van der Waals surface area contributed by atoms with Crippen molar-refractivity contribution >= 4 is 44.6 Å². The molecule has 1 heterocycles. The van der Waals surface area contributed by atoms with E-state index in [0.29, 0.717) is 64.4 Å². The van der Waals surface area contributed by atoms with Gasteiger partial charge in [-0.1, -0.05) is 91.8 Å². The number of benzene rings is 2. The summed E-state index contributed by atoms with van der Waals surface area (Å²) in [6.07, 6.45) is 9.73. The SMILES string of the molecule is C=CCCC(=O)N1C2CC3CC[C@]2(CS1(=O)=O)C3(C)C.C=CC[C@H](C(C)=O)[C@H](O)C[C@@H](CCOCc1ccc(OC)cc1)O[Si](C)(C)C(C)(C)C.COc1ccc(COCC[C@H](CC=O)O[Si](C)(C)C(C)(C)C)cc1. The smallest absolute Gasteiger partial charge is 0.238 e. The molecule has 7 atom stereocenters. The quantitative estimate of drug-likeness (QED) is 0.0390. The number of rotatable bonds is 27. The van der Waals surface area contributed by atoms with E-state index < -0.39 is 38.7 Å². The highest BCUT2D eigenvalue weighted by atomic mass is 32.2. The van der Waals surface area contributed by atoms with Crippen LogP contribution in [0.25, 0.3) is 0 Å². The Bertz CT molecular complexity index is 2240. The lowest BCUT2D eigenvalue weighted by Gasteiger charge is -2.40. The number of ketones is 1. The molecule has 2 unspecified atom stereocenters. The largest absolute Gasteiger partial charge is 0.497 e. The second-order valence-electron chi connectivity index (χ2n) is 24.5. The minimum Gasteiger partial charge on any atom is -0.497 e. The van der Waals surface area contributed by atoms with Crippen molar-refractivity contribution in [2.75, 3.05) is 33.2 Å². The highest BCUT2D eigenvalue weighted by Crippen LogP contribution is 2.70. The lowest BCUT2D eigenvalue weighted by molar-refractivity contribution is -0.129. The third-order valence-electron chi connectivity index (χ3n) is 17.0. The third-order valence-corrected chi connectivity index (χ3v) is 28.1. The van der Waals surface area contributed by atoms with E-state index in [0.717, 1.165) is 54.6 Å². The van der Waals surface area contributed by atoms with Gasteiger partial charge in [0.1, 0.15) is 23.6 Å². The summed E-state index contributed by atoms with van der Waals surface area (Å²) in [6, 6.07) is 15.5. The number of aliphatic hydroxyl groups is 1. The van der Waals surface area contributed by atoms with Gasteiger partial charge in [0.15, 0.2) is 16.6 Å². The monoisotopic (exact) mass is 1100 g/mol. The molecule has 16 heteroatoms. The molecule has 2 aromatic rings. The maximum absolute atomic E-state index is 12.5. The van der Waals surface area contributed by atoms with Crippen LogP contribution in [-0.2, 0) is 55.9 Å². The Labute approximate surface area is 455 Å². The molecule has 1 spiro atoms. The van der Waals surface area contributed by atoms with Gasteiger partial charge in [-0.2, -0.15) is 0 Å². The number of methoxy groups -OCH3 is 2. The molecule has 3 fully saturated rings. The van der Waals surface area contributed by atoms with Crippen molar-refractivity contribution < 1.29 is 55.7 Å². The molecule has 1 saturated heterocycles. The predicted molar refractivity (Wildman–Crippen MR) is 306 cm³/mol. The number of nitrogens with zero attached hydrogens (tertiary/aromatic N) is 1. The Hall–Kier alpha value is -3.49. The predicted octanol–water partition coefficient (Wildman–Crippen LogP) is 12.4. The van der Waals surface area contributed by atoms with E-state index in [1.165, 1.54) is 11.2 Å². The van der Waals surface area contributed by atoms with E-state index in [1.807, 2.05) is 48.5 Å². The van der Waals surface area contributed by atoms with E-state index in [1.54, 1.807) is 26.4 Å². The number of sulfonamides is 1. The zero-order valence-electron chi connectivity index (χ0n) is 48.6. The number of fused-ring (bicyclic) bond motifs is 1. The van der Waals surface area contributed by atoms with Gasteiger partial charge in [-0.15, -0.1) is 13.2 Å². The van der Waals surface area contributed by atoms with E-state index >= 15 is 0 Å². The van der Waals surface area contributed by atoms with E-state index in [9.17, 15) is 27.9 Å². The first-order valence-electron chi connectivity index (χ1n) is 27.0. The molecule has 1 aliphatic heterocycles. The van der Waals surface area contributed by atoms with Crippen molar-refractivity contribution in [2.24, 2.45) is 22.7 Å². The number of aliphatic hydroxyl groups excluding tert-OH is 1. The summed E-state index contributed by atoms with van der Waals surface area (Å²) in [5.41, 5.74) is 2.00. The first-order chi connectivity index (χ1) is 34.9. The average Bonchev–Trinajstić information content (AvgIpc) is 3.81. The Kier molecular flexibility index (Phi) is 24.9. The van der Waals surface area contributed by atoms with Crippen LogP contribution >= 0.6 is 0 Å². The summed E-state index contributed by atoms with van der Waals surface area (Å²) in [5, 5.41) is 11.0. The molecule has 2 aromatic carbocycles. The van der Waals surface area contributed by atoms with Crippen molar-refractivity contribution in [2.45, 2.75) is 200 Å². The van der Waals surface area contributed by atoms with Crippen LogP contribution in [0, 0.1) is 22.7 Å². The number of hydrogen-bond donors (Lipinski definition) is 1. The van der Waals surface area contributed by atoms with Crippen molar-refractivity contribution in [3.63, 3.8) is 0 Å². The summed E-state index contributed by atoms with van der Waals surface area (Å²) in [7, 11) is -4.04. The molecule has 5 rings (SSSR count). The van der Waals surface area contributed by atoms with Gasteiger partial charge in [-0.25, -0.2) is 12.7 Å². The first kappa shape index (κ1) is 65.8. The van der Waals surface area contributed by atoms with Crippen LogP contribution in [0.1, 0.15) is 138 Å². The van der Waals surface area contributed by atoms with Gasteiger partial charge in [0, 0.05) is 43.5 Å². The molecule has 424 valence electrons. The Morgan fingerprint density at radius 2 is 1.28 bits per heavy atom. The first-order valence-corrected chi connectivity index (χ1v) is 34.4. The minimum absolute atomic E-state index is 0.0192. The summed E-state index contributed by atoms with van der Waals surface area (Å²) < 4.78 is 61.2. The van der Waals surface area contributed by atoms with Gasteiger partial charge < -0.3 is 37.7 Å². The number of aldehydes is 1. The zero-order chi connectivity index (χ0) is 56.6. The maximum Gasteiger partial charge on any atom is 0.238 e. The Morgan fingerprint density at radius 3 is 1.69 bits per heavy atom. The van der Waals surface area contributed by atoms with Gasteiger partial charge >= 0.3 is 0 Å². The minimum atomic E-state index is -3.44. The summed E-state index contributed by atoms with van der Waals surface area (Å²) in [6.45, 7) is 37.4. The summed E-state index contributed by atoms with van der Waals surface area (Å²) in [4.78, 5) is 35.3. The fourth-order valence-electron chi connectivity index (χ4n) is 10.2. The number of carbonyl (C=O) groups excluding carboxylic acids is 3. The fraction of sp³-hybridized carbons (Fsp3) is 0.678. The van der Waals surface area contributed by atoms with Gasteiger partial charge in [0.25, 0.3) is 0 Å². The topological polar surface area (TPSA) is 164 Å². The number of ether oxygens (including phenoxy) is 4. The standard InChI is InChI=1S/C25H42O5Si.C19H32O4Si.C15H23NO3S/c1-9-10-23(19(2)26)24(27)17-22(30-31(7,8)25(3,4)5)15-16-29-18-20-11-13-21(28-6)14-12-20;1-19(2,3)24(5,6)23-18(11-13-20)12-14-22-15-16-7-9-17(21-4)10-8-16;1-4-5-6-13(17)16-12-9-11-7-8-15(12,14(11,2)3)10-20(16,18)19/h9,11-14,22-24,27H,1,10,15-18H2,2-8H3;7-10,13,18H,11-12,14-15H2,1-6H3;4,11-12H,1,5-10H2,2-3H3/t22-,23-,24-;18-;11?,12?,15-/m101/s1. The molecule has 3 aliphatic rings. The van der Waals surface area contributed by atoms with E-state index in [4.69, 9.17) is 27.8 Å². The van der Waals surface area contributed by atoms with Gasteiger partial charge in [0.2, 0.25) is 15.9 Å². The van der Waals surface area contributed by atoms with Crippen molar-refractivity contribution in [1.82, 2.24) is 4.31 Å². The molecule has 0 aromatic heterocycles. The number of allylic oxidation sites excluding steroid dienone is 2. The number of amides is 1. The van der Waals surface area contributed by atoms with Crippen LogP contribution in [0.3, 0.4) is 0 Å². The van der Waals surface area contributed by atoms with Crippen LogP contribution in [0.15, 0.2) is 73.8 Å². The lowest BCUT2D eigenvalue weighted by atomic mass is 9.69. The average molecular weight is 1100 g/mol. The molecule has 1 amide bonds. The lowest BCUT2D eigenvalue weighted by Crippen LogP contribution is -2.45. The molecular formula is C59H97NO12SSi2. The van der Waals surface area contributed by atoms with Crippen LogP contribution in [0.2, 0.25) is 36.3 Å². The molecule has 2 aliphatic carbocycles. The second-order valence-corrected chi connectivity index (χ2v) is 35.8. The molecule has 75 heavy (non-hydrogen) atoms. The normalized spacial score (nSPS) is 21.3. The van der Waals surface area contributed by atoms with Gasteiger partial charge in [-0.05, 0) is 141 Å². The molecule has 2 bridgehead atoms. The highest BCUT2D eigenvalue weighted by molar-refractivity contribution is 7.90. The second kappa shape index (κ2) is 28.4. The van der Waals surface area contributed by atoms with E-state index in [-0.39, 0.29) is 63.0 Å². The van der Waals surface area contributed by atoms with Crippen LogP contribution in [0.4, 0.5) is 0 Å². The number of hydrogen-bond acceptors (Lipinski definition) is 12. The molecule has 2 saturated carbocycles. The third kappa shape index (κ3) is 18.0. The maximum atomic E-state index is 12.5. The molecular weight excluding hydrogens is 1000 g/mol. The fourth-order valence-corrected chi connectivity index (χ4v) is 15.5. The Morgan fingerprint density at radius 1 is 0.800 bits per heavy atom. The number of carbonyl (C=O) groups is 3. The van der Waals surface area contributed by atoms with Crippen molar-refractivity contribution in [1.29, 1.82) is 0 Å².